The Morgan fingerprint density at radius 3 is 0.815 bits per heavy atom. The summed E-state index contributed by atoms with van der Waals surface area (Å²) in [6.07, 6.45) is 91.9. The molecule has 0 rings (SSSR count). The van der Waals surface area contributed by atoms with Crippen LogP contribution in [0.15, 0.2) is 85.1 Å². The normalized spacial score (nSPS) is 12.6. The highest BCUT2D eigenvalue weighted by Crippen LogP contribution is 2.18. The van der Waals surface area contributed by atoms with Gasteiger partial charge in [-0.2, -0.15) is 0 Å². The molecule has 0 aliphatic heterocycles. The molecule has 1 atom stereocenters. The minimum atomic E-state index is -0.783. The van der Waals surface area contributed by atoms with Gasteiger partial charge in [-0.1, -0.05) is 311 Å². The number of ether oxygens (including phenoxy) is 3. The number of carbonyl (C=O) groups excluding carboxylic acids is 3. The van der Waals surface area contributed by atoms with E-state index in [0.29, 0.717) is 19.3 Å². The van der Waals surface area contributed by atoms with Gasteiger partial charge in [0.15, 0.2) is 6.10 Å². The first-order valence-electron chi connectivity index (χ1n) is 35.1. The second-order valence-corrected chi connectivity index (χ2v) is 23.4. The van der Waals surface area contributed by atoms with E-state index in [9.17, 15) is 14.4 Å². The fourth-order valence-corrected chi connectivity index (χ4v) is 10.1. The molecule has 0 bridgehead atoms. The van der Waals surface area contributed by atoms with E-state index in [2.05, 4.69) is 106 Å². The van der Waals surface area contributed by atoms with E-state index in [1.807, 2.05) is 0 Å². The molecule has 0 aromatic carbocycles. The van der Waals surface area contributed by atoms with Crippen LogP contribution in [0, 0.1) is 0 Å². The van der Waals surface area contributed by atoms with Crippen molar-refractivity contribution in [3.05, 3.63) is 85.1 Å². The minimum absolute atomic E-state index is 0.0780. The number of esters is 3. The summed E-state index contributed by atoms with van der Waals surface area (Å²) in [7, 11) is 0. The summed E-state index contributed by atoms with van der Waals surface area (Å²) in [5.74, 6) is -0.876. The van der Waals surface area contributed by atoms with Crippen molar-refractivity contribution in [3.8, 4) is 0 Å². The fourth-order valence-electron chi connectivity index (χ4n) is 10.1. The number of hydrogen-bond donors (Lipinski definition) is 0. The molecule has 0 aromatic heterocycles. The van der Waals surface area contributed by atoms with Crippen LogP contribution in [0.4, 0.5) is 0 Å². The molecular weight excluding hydrogens is 997 g/mol. The molecule has 0 saturated carbocycles. The molecule has 0 N–H and O–H groups in total. The van der Waals surface area contributed by atoms with E-state index in [1.165, 1.54) is 205 Å². The molecule has 0 fully saturated rings. The predicted molar refractivity (Wildman–Crippen MR) is 353 cm³/mol. The lowest BCUT2D eigenvalue weighted by Crippen LogP contribution is -2.30. The molecule has 0 saturated heterocycles. The van der Waals surface area contributed by atoms with E-state index in [-0.39, 0.29) is 31.1 Å². The molecule has 81 heavy (non-hydrogen) atoms. The summed E-state index contributed by atoms with van der Waals surface area (Å²) in [6, 6.07) is 0. The van der Waals surface area contributed by atoms with Crippen molar-refractivity contribution >= 4 is 17.9 Å². The molecule has 0 radical (unpaired) electrons. The summed E-state index contributed by atoms with van der Waals surface area (Å²) in [4.78, 5) is 38.4. The fraction of sp³-hybridized carbons (Fsp3) is 0.773. The van der Waals surface area contributed by atoms with E-state index in [0.717, 1.165) is 109 Å². The standard InChI is InChI=1S/C75H132O6/c1-4-7-10-13-16-19-22-25-27-29-31-32-33-34-35-36-37-38-39-40-41-42-44-45-47-50-53-56-59-62-65-68-74(77)80-71-72(70-79-73(76)67-64-61-58-55-52-49-24-21-18-15-12-9-6-3)81-75(78)69-66-63-60-57-54-51-48-46-43-30-28-26-23-20-17-14-11-8-5-2/h7,10,12,15-16,19,21,24-28,31-32,72H,4-6,8-9,11,13-14,17-18,20,22-23,29-30,33-71H2,1-3H3/b10-7-,15-12-,19-16-,24-21-,27-25-,28-26-,32-31-. The number of carbonyl (C=O) groups is 3. The maximum atomic E-state index is 12.9. The zero-order chi connectivity index (χ0) is 58.5. The van der Waals surface area contributed by atoms with Crippen LogP contribution < -0.4 is 0 Å². The average Bonchev–Trinajstić information content (AvgIpc) is 3.46. The third-order valence-corrected chi connectivity index (χ3v) is 15.3. The highest BCUT2D eigenvalue weighted by Gasteiger charge is 2.19. The molecule has 0 amide bonds. The lowest BCUT2D eigenvalue weighted by molar-refractivity contribution is -0.167. The summed E-state index contributed by atoms with van der Waals surface area (Å²) in [5.41, 5.74) is 0. The van der Waals surface area contributed by atoms with Crippen LogP contribution in [-0.4, -0.2) is 37.2 Å². The zero-order valence-electron chi connectivity index (χ0n) is 53.8. The number of rotatable bonds is 64. The SMILES string of the molecule is CC/C=C\C/C=C\C/C=C\C/C=C\CCCCCCCCCCCCCCCCCCCCC(=O)OCC(COC(=O)CCCCCCC/C=C\C/C=C\CCC)OC(=O)CCCCCCCCCCC/C=C\CCCCCCCC. The first-order chi connectivity index (χ1) is 40.0. The maximum Gasteiger partial charge on any atom is 0.306 e. The first-order valence-corrected chi connectivity index (χ1v) is 35.1. The smallest absolute Gasteiger partial charge is 0.306 e. The Labute approximate surface area is 503 Å². The average molecular weight is 1130 g/mol. The predicted octanol–water partition coefficient (Wildman–Crippen LogP) is 24.2. The summed E-state index contributed by atoms with van der Waals surface area (Å²) in [5, 5.41) is 0. The lowest BCUT2D eigenvalue weighted by Gasteiger charge is -2.18. The van der Waals surface area contributed by atoms with E-state index in [1.54, 1.807) is 0 Å². The Hall–Kier alpha value is -3.41. The van der Waals surface area contributed by atoms with Crippen molar-refractivity contribution < 1.29 is 28.6 Å². The monoisotopic (exact) mass is 1130 g/mol. The summed E-state index contributed by atoms with van der Waals surface area (Å²) >= 11 is 0. The quantitative estimate of drug-likeness (QED) is 0.0261. The molecule has 0 spiro atoms. The van der Waals surface area contributed by atoms with Crippen LogP contribution in [0.3, 0.4) is 0 Å². The Kier molecular flexibility index (Phi) is 66.2. The highest BCUT2D eigenvalue weighted by atomic mass is 16.6. The highest BCUT2D eigenvalue weighted by molar-refractivity contribution is 5.71. The van der Waals surface area contributed by atoms with Gasteiger partial charge in [0.05, 0.1) is 0 Å². The van der Waals surface area contributed by atoms with Crippen LogP contribution in [0.5, 0.6) is 0 Å². The lowest BCUT2D eigenvalue weighted by atomic mass is 10.0. The van der Waals surface area contributed by atoms with Gasteiger partial charge in [-0.3, -0.25) is 14.4 Å². The molecule has 0 aliphatic carbocycles. The largest absolute Gasteiger partial charge is 0.462 e. The molecular formula is C75H132O6. The second kappa shape index (κ2) is 69.1. The van der Waals surface area contributed by atoms with Crippen molar-refractivity contribution in [2.24, 2.45) is 0 Å². The van der Waals surface area contributed by atoms with E-state index < -0.39 is 6.10 Å². The van der Waals surface area contributed by atoms with Gasteiger partial charge >= 0.3 is 17.9 Å². The van der Waals surface area contributed by atoms with Gasteiger partial charge in [-0.05, 0) is 109 Å². The van der Waals surface area contributed by atoms with Crippen molar-refractivity contribution in [1.29, 1.82) is 0 Å². The van der Waals surface area contributed by atoms with Crippen molar-refractivity contribution in [2.45, 2.75) is 361 Å². The second-order valence-electron chi connectivity index (χ2n) is 23.4. The van der Waals surface area contributed by atoms with Gasteiger partial charge in [-0.25, -0.2) is 0 Å². The van der Waals surface area contributed by atoms with Crippen LogP contribution in [-0.2, 0) is 28.6 Å². The Morgan fingerprint density at radius 1 is 0.259 bits per heavy atom. The third kappa shape index (κ3) is 67.3. The molecule has 0 heterocycles. The summed E-state index contributed by atoms with van der Waals surface area (Å²) in [6.45, 7) is 6.49. The molecule has 6 nitrogen and oxygen atoms in total. The maximum absolute atomic E-state index is 12.9. The van der Waals surface area contributed by atoms with Crippen LogP contribution in [0.25, 0.3) is 0 Å². The van der Waals surface area contributed by atoms with Gasteiger partial charge in [0.1, 0.15) is 13.2 Å². The Balaban J connectivity index is 4.19. The van der Waals surface area contributed by atoms with Gasteiger partial charge in [0.2, 0.25) is 0 Å². The van der Waals surface area contributed by atoms with Crippen molar-refractivity contribution in [2.75, 3.05) is 13.2 Å². The van der Waals surface area contributed by atoms with Gasteiger partial charge in [-0.15, -0.1) is 0 Å². The Bertz CT molecular complexity index is 1530. The van der Waals surface area contributed by atoms with Gasteiger partial charge < -0.3 is 14.2 Å². The summed E-state index contributed by atoms with van der Waals surface area (Å²) < 4.78 is 17.0. The minimum Gasteiger partial charge on any atom is -0.462 e. The number of allylic oxidation sites excluding steroid dienone is 14. The van der Waals surface area contributed by atoms with Crippen LogP contribution in [0.2, 0.25) is 0 Å². The number of hydrogen-bond acceptors (Lipinski definition) is 6. The van der Waals surface area contributed by atoms with Crippen LogP contribution in [0.1, 0.15) is 355 Å². The van der Waals surface area contributed by atoms with E-state index >= 15 is 0 Å². The molecule has 6 heteroatoms. The van der Waals surface area contributed by atoms with E-state index in [4.69, 9.17) is 14.2 Å². The molecule has 1 unspecified atom stereocenters. The first kappa shape index (κ1) is 77.6. The molecule has 0 aliphatic rings. The Morgan fingerprint density at radius 2 is 0.506 bits per heavy atom. The van der Waals surface area contributed by atoms with Crippen molar-refractivity contribution in [3.63, 3.8) is 0 Å². The van der Waals surface area contributed by atoms with Crippen LogP contribution >= 0.6 is 0 Å². The molecule has 468 valence electrons. The zero-order valence-corrected chi connectivity index (χ0v) is 53.8. The van der Waals surface area contributed by atoms with Gasteiger partial charge in [0, 0.05) is 19.3 Å². The third-order valence-electron chi connectivity index (χ3n) is 15.3. The van der Waals surface area contributed by atoms with Gasteiger partial charge in [0.25, 0.3) is 0 Å². The number of unbranched alkanes of at least 4 members (excludes halogenated alkanes) is 39. The topological polar surface area (TPSA) is 78.9 Å². The van der Waals surface area contributed by atoms with Crippen molar-refractivity contribution in [1.82, 2.24) is 0 Å². The molecule has 0 aromatic rings.